The van der Waals surface area contributed by atoms with E-state index in [9.17, 15) is 4.39 Å². The van der Waals surface area contributed by atoms with Gasteiger partial charge in [-0.1, -0.05) is 11.3 Å². The monoisotopic (exact) mass is 266 g/mol. The van der Waals surface area contributed by atoms with Crippen LogP contribution in [0.1, 0.15) is 13.8 Å². The van der Waals surface area contributed by atoms with Crippen molar-refractivity contribution < 1.29 is 4.39 Å². The molecule has 1 aliphatic heterocycles. The molecule has 0 amide bonds. The average molecular weight is 266 g/mol. The largest absolute Gasteiger partial charge is 0.345 e. The number of nitrogens with one attached hydrogen (secondary N) is 1. The first-order valence-corrected chi connectivity index (χ1v) is 6.86. The molecule has 0 spiro atoms. The van der Waals surface area contributed by atoms with Crippen LogP contribution in [-0.2, 0) is 0 Å². The molecule has 0 aromatic carbocycles. The molecule has 0 radical (unpaired) electrons. The minimum absolute atomic E-state index is 0.306. The van der Waals surface area contributed by atoms with E-state index in [-0.39, 0.29) is 5.82 Å². The van der Waals surface area contributed by atoms with E-state index in [2.05, 4.69) is 34.0 Å². The molecule has 3 heterocycles. The predicted molar refractivity (Wildman–Crippen MR) is 71.6 cm³/mol. The van der Waals surface area contributed by atoms with E-state index in [4.69, 9.17) is 0 Å². The Kier molecular flexibility index (Phi) is 2.91. The van der Waals surface area contributed by atoms with Crippen molar-refractivity contribution in [2.75, 3.05) is 18.0 Å². The van der Waals surface area contributed by atoms with Crippen LogP contribution in [0.4, 0.5) is 9.52 Å². The molecule has 4 nitrogen and oxygen atoms in total. The number of hydrogen-bond donors (Lipinski definition) is 1. The number of aromatic nitrogens is 2. The number of hydrogen-bond acceptors (Lipinski definition) is 5. The smallest absolute Gasteiger partial charge is 0.188 e. The van der Waals surface area contributed by atoms with Gasteiger partial charge in [0.1, 0.15) is 5.82 Å². The van der Waals surface area contributed by atoms with Crippen LogP contribution < -0.4 is 10.2 Å². The Morgan fingerprint density at radius 3 is 2.83 bits per heavy atom. The maximum Gasteiger partial charge on any atom is 0.188 e. The van der Waals surface area contributed by atoms with Crippen LogP contribution >= 0.6 is 11.3 Å². The normalized spacial score (nSPS) is 24.7. The Balaban J connectivity index is 1.93. The molecular weight excluding hydrogens is 251 g/mol. The first-order valence-electron chi connectivity index (χ1n) is 6.05. The molecule has 1 fully saturated rings. The van der Waals surface area contributed by atoms with Gasteiger partial charge >= 0.3 is 0 Å². The third-order valence-corrected chi connectivity index (χ3v) is 4.08. The van der Waals surface area contributed by atoms with Crippen LogP contribution in [-0.4, -0.2) is 35.1 Å². The van der Waals surface area contributed by atoms with Crippen molar-refractivity contribution in [1.82, 2.24) is 15.3 Å². The van der Waals surface area contributed by atoms with Crippen molar-refractivity contribution >= 4 is 26.8 Å². The second kappa shape index (κ2) is 4.44. The first-order chi connectivity index (χ1) is 8.61. The molecule has 2 aromatic rings. The fourth-order valence-electron chi connectivity index (χ4n) is 2.40. The zero-order valence-electron chi connectivity index (χ0n) is 10.4. The van der Waals surface area contributed by atoms with Crippen LogP contribution in [0.5, 0.6) is 0 Å². The van der Waals surface area contributed by atoms with Gasteiger partial charge in [0.15, 0.2) is 10.8 Å². The second-order valence-electron chi connectivity index (χ2n) is 4.85. The number of pyridine rings is 1. The molecule has 3 rings (SSSR count). The average Bonchev–Trinajstić information content (AvgIpc) is 2.70. The lowest BCUT2D eigenvalue weighted by molar-refractivity contribution is 0.407. The lowest BCUT2D eigenvalue weighted by Crippen LogP contribution is -2.54. The van der Waals surface area contributed by atoms with Gasteiger partial charge in [-0.15, -0.1) is 0 Å². The summed E-state index contributed by atoms with van der Waals surface area (Å²) in [6.45, 7) is 6.17. The second-order valence-corrected chi connectivity index (χ2v) is 5.85. The predicted octanol–water partition coefficient (Wildman–Crippen LogP) is 2.02. The standard InChI is InChI=1S/C12H15FN4S/c1-7-5-17(6-8(2)15-7)12-16-11-10(18-12)3-9(13)4-14-11/h3-4,7-8,15H,5-6H2,1-2H3/t7-,8+. The summed E-state index contributed by atoms with van der Waals surface area (Å²) in [7, 11) is 0. The Bertz CT molecular complexity index is 560. The number of thiazole rings is 1. The van der Waals surface area contributed by atoms with E-state index in [1.165, 1.54) is 23.6 Å². The van der Waals surface area contributed by atoms with Crippen LogP contribution in [0, 0.1) is 5.82 Å². The lowest BCUT2D eigenvalue weighted by Gasteiger charge is -2.35. The summed E-state index contributed by atoms with van der Waals surface area (Å²) in [5.74, 6) is -0.306. The van der Waals surface area contributed by atoms with Crippen molar-refractivity contribution in [3.05, 3.63) is 18.1 Å². The summed E-state index contributed by atoms with van der Waals surface area (Å²) in [6, 6.07) is 2.37. The SMILES string of the molecule is C[C@@H]1CN(c2nc3ncc(F)cc3s2)C[C@H](C)N1. The quantitative estimate of drug-likeness (QED) is 0.857. The van der Waals surface area contributed by atoms with Crippen LogP contribution in [0.15, 0.2) is 12.3 Å². The molecule has 1 saturated heterocycles. The number of rotatable bonds is 1. The van der Waals surface area contributed by atoms with Crippen LogP contribution in [0.3, 0.4) is 0 Å². The van der Waals surface area contributed by atoms with Gasteiger partial charge < -0.3 is 10.2 Å². The number of fused-ring (bicyclic) bond motifs is 1. The van der Waals surface area contributed by atoms with Gasteiger partial charge in [0.05, 0.1) is 10.9 Å². The number of piperazine rings is 1. The Labute approximate surface area is 109 Å². The van der Waals surface area contributed by atoms with Gasteiger partial charge in [0, 0.05) is 25.2 Å². The van der Waals surface area contributed by atoms with Crippen molar-refractivity contribution in [3.8, 4) is 0 Å². The van der Waals surface area contributed by atoms with Gasteiger partial charge in [0.25, 0.3) is 0 Å². The summed E-state index contributed by atoms with van der Waals surface area (Å²) >= 11 is 1.51. The van der Waals surface area contributed by atoms with E-state index in [0.29, 0.717) is 17.7 Å². The molecule has 1 aliphatic rings. The van der Waals surface area contributed by atoms with E-state index >= 15 is 0 Å². The zero-order chi connectivity index (χ0) is 12.7. The van der Waals surface area contributed by atoms with E-state index < -0.39 is 0 Å². The molecule has 0 unspecified atom stereocenters. The van der Waals surface area contributed by atoms with Gasteiger partial charge in [-0.25, -0.2) is 9.37 Å². The highest BCUT2D eigenvalue weighted by Gasteiger charge is 2.23. The minimum atomic E-state index is -0.306. The highest BCUT2D eigenvalue weighted by molar-refractivity contribution is 7.22. The number of anilines is 1. The fraction of sp³-hybridized carbons (Fsp3) is 0.500. The number of halogens is 1. The Morgan fingerprint density at radius 2 is 2.11 bits per heavy atom. The fourth-order valence-corrected chi connectivity index (χ4v) is 3.37. The van der Waals surface area contributed by atoms with Gasteiger partial charge in [0.2, 0.25) is 0 Å². The topological polar surface area (TPSA) is 41.1 Å². The summed E-state index contributed by atoms with van der Waals surface area (Å²) in [5, 5.41) is 4.41. The third kappa shape index (κ3) is 2.18. The molecule has 1 N–H and O–H groups in total. The molecule has 0 aliphatic carbocycles. The maximum atomic E-state index is 13.1. The molecule has 18 heavy (non-hydrogen) atoms. The summed E-state index contributed by atoms with van der Waals surface area (Å²) in [4.78, 5) is 10.7. The first kappa shape index (κ1) is 11.8. The van der Waals surface area contributed by atoms with E-state index in [0.717, 1.165) is 22.9 Å². The summed E-state index contributed by atoms with van der Waals surface area (Å²) in [5.41, 5.74) is 0.634. The molecule has 2 atom stereocenters. The molecule has 96 valence electrons. The Morgan fingerprint density at radius 1 is 1.39 bits per heavy atom. The van der Waals surface area contributed by atoms with Crippen LogP contribution in [0.2, 0.25) is 0 Å². The summed E-state index contributed by atoms with van der Waals surface area (Å²) in [6.07, 6.45) is 1.22. The van der Waals surface area contributed by atoms with Crippen molar-refractivity contribution in [1.29, 1.82) is 0 Å². The Hall–Kier alpha value is -1.27. The highest BCUT2D eigenvalue weighted by atomic mass is 32.1. The van der Waals surface area contributed by atoms with Gasteiger partial charge in [-0.05, 0) is 19.9 Å². The molecule has 0 bridgehead atoms. The van der Waals surface area contributed by atoms with Gasteiger partial charge in [-0.3, -0.25) is 0 Å². The molecule has 6 heteroatoms. The van der Waals surface area contributed by atoms with Crippen molar-refractivity contribution in [2.45, 2.75) is 25.9 Å². The van der Waals surface area contributed by atoms with Gasteiger partial charge in [-0.2, -0.15) is 4.98 Å². The minimum Gasteiger partial charge on any atom is -0.345 e. The van der Waals surface area contributed by atoms with Crippen LogP contribution in [0.25, 0.3) is 10.3 Å². The number of nitrogens with zero attached hydrogens (tertiary/aromatic N) is 3. The lowest BCUT2D eigenvalue weighted by atomic mass is 10.2. The van der Waals surface area contributed by atoms with E-state index in [1.807, 2.05) is 0 Å². The maximum absolute atomic E-state index is 13.1. The third-order valence-electron chi connectivity index (χ3n) is 3.03. The van der Waals surface area contributed by atoms with Crippen molar-refractivity contribution in [2.24, 2.45) is 0 Å². The summed E-state index contributed by atoms with van der Waals surface area (Å²) < 4.78 is 13.9. The molecule has 2 aromatic heterocycles. The molecular formula is C12H15FN4S. The van der Waals surface area contributed by atoms with Crippen molar-refractivity contribution in [3.63, 3.8) is 0 Å². The highest BCUT2D eigenvalue weighted by Crippen LogP contribution is 2.29. The molecule has 0 saturated carbocycles. The zero-order valence-corrected chi connectivity index (χ0v) is 11.2. The van der Waals surface area contributed by atoms with E-state index in [1.54, 1.807) is 0 Å².